The van der Waals surface area contributed by atoms with E-state index in [4.69, 9.17) is 10.8 Å². The Kier molecular flexibility index (Phi) is 9.54. The number of thioether (sulfide) groups is 2. The number of amides is 2. The number of nitrogens with one attached hydrogen (secondary N) is 1. The van der Waals surface area contributed by atoms with Crippen molar-refractivity contribution in [3.8, 4) is 0 Å². The van der Waals surface area contributed by atoms with Gasteiger partial charge in [0.15, 0.2) is 0 Å². The summed E-state index contributed by atoms with van der Waals surface area (Å²) in [6.45, 7) is -0.165. The van der Waals surface area contributed by atoms with E-state index in [9.17, 15) is 24.3 Å². The Morgan fingerprint density at radius 2 is 2.00 bits per heavy atom. The number of nitrogens with zero attached hydrogens (tertiary/aromatic N) is 5. The molecule has 2 atom stereocenters. The molecule has 0 spiro atoms. The van der Waals surface area contributed by atoms with Gasteiger partial charge in [0.2, 0.25) is 11.1 Å². The molecule has 16 heteroatoms. The van der Waals surface area contributed by atoms with E-state index in [0.29, 0.717) is 5.57 Å². The molecule has 184 valence electrons. The van der Waals surface area contributed by atoms with Crippen LogP contribution in [0, 0.1) is 0 Å². The summed E-state index contributed by atoms with van der Waals surface area (Å²) >= 11 is 2.37. The molecule has 0 radical (unpaired) electrons. The fraction of sp³-hybridized carbons (Fsp3) is 0.350. The monoisotopic (exact) mass is 541 g/mol. The Morgan fingerprint density at radius 3 is 2.67 bits per heavy atom. The van der Waals surface area contributed by atoms with Crippen LogP contribution in [0.2, 0.25) is 0 Å². The molecule has 0 bridgehead atoms. The number of benzene rings is 1. The minimum absolute atomic E-state index is 0. The van der Waals surface area contributed by atoms with Crippen LogP contribution in [0.3, 0.4) is 0 Å². The first-order valence-corrected chi connectivity index (χ1v) is 12.4. The molecule has 2 amide bonds. The van der Waals surface area contributed by atoms with Crippen molar-refractivity contribution in [3.05, 3.63) is 46.7 Å². The van der Waals surface area contributed by atoms with Gasteiger partial charge in [0.1, 0.15) is 18.0 Å². The quantitative estimate of drug-likeness (QED) is 0.147. The molecule has 0 aliphatic carbocycles. The Balaban J connectivity index is 0.00000361. The van der Waals surface area contributed by atoms with Crippen molar-refractivity contribution >= 4 is 47.3 Å². The maximum absolute atomic E-state index is 12.8. The van der Waals surface area contributed by atoms with Crippen molar-refractivity contribution in [1.82, 2.24) is 30.4 Å². The Labute approximate surface area is 235 Å². The molecular formula is C20H20N7NaO6S2. The van der Waals surface area contributed by atoms with Gasteiger partial charge in [-0.3, -0.25) is 19.3 Å². The zero-order valence-corrected chi connectivity index (χ0v) is 22.8. The average Bonchev–Trinajstić information content (AvgIpc) is 3.26. The number of hydrogen-bond acceptors (Lipinski definition) is 11. The average molecular weight is 542 g/mol. The van der Waals surface area contributed by atoms with Crippen LogP contribution in [-0.2, 0) is 38.7 Å². The minimum Gasteiger partial charge on any atom is -0.543 e. The number of aromatic nitrogens is 4. The fourth-order valence-corrected chi connectivity index (χ4v) is 6.15. The molecule has 2 aliphatic rings. The SMILES string of the molecule is NCc1ccccc1CC(=O)NC1C(=O)N2C(C(=O)[O-])=C(CSc3nnnn3CC(=O)O)CS[C@H]12.[Na+]. The molecule has 0 saturated carbocycles. The number of carbonyl (C=O) groups is 4. The number of rotatable bonds is 10. The number of carboxylic acid groups (broad SMARTS) is 2. The van der Waals surface area contributed by atoms with Crippen molar-refractivity contribution in [2.45, 2.75) is 36.1 Å². The van der Waals surface area contributed by atoms with E-state index in [1.807, 2.05) is 12.1 Å². The van der Waals surface area contributed by atoms with E-state index in [0.717, 1.165) is 32.5 Å². The van der Waals surface area contributed by atoms with Crippen LogP contribution in [0.25, 0.3) is 0 Å². The first-order valence-electron chi connectivity index (χ1n) is 10.3. The largest absolute Gasteiger partial charge is 1.00 e. The number of carboxylic acids is 2. The maximum Gasteiger partial charge on any atom is 1.00 e. The second-order valence-corrected chi connectivity index (χ2v) is 9.69. The summed E-state index contributed by atoms with van der Waals surface area (Å²) in [4.78, 5) is 49.4. The van der Waals surface area contributed by atoms with Crippen LogP contribution in [0.5, 0.6) is 0 Å². The molecule has 36 heavy (non-hydrogen) atoms. The molecule has 3 heterocycles. The predicted molar refractivity (Wildman–Crippen MR) is 121 cm³/mol. The van der Waals surface area contributed by atoms with Gasteiger partial charge in [-0.2, -0.15) is 0 Å². The van der Waals surface area contributed by atoms with Gasteiger partial charge in [0.25, 0.3) is 5.91 Å². The third-order valence-electron chi connectivity index (χ3n) is 5.41. The van der Waals surface area contributed by atoms with Gasteiger partial charge in [-0.25, -0.2) is 4.68 Å². The number of tetrazole rings is 1. The molecule has 4 rings (SSSR count). The van der Waals surface area contributed by atoms with Crippen molar-refractivity contribution < 1.29 is 58.9 Å². The molecule has 2 aromatic rings. The molecule has 1 aromatic heterocycles. The summed E-state index contributed by atoms with van der Waals surface area (Å²) in [7, 11) is 0. The molecule has 1 fully saturated rings. The van der Waals surface area contributed by atoms with Gasteiger partial charge >= 0.3 is 35.5 Å². The maximum atomic E-state index is 12.8. The molecule has 1 unspecified atom stereocenters. The van der Waals surface area contributed by atoms with E-state index < -0.39 is 35.8 Å². The summed E-state index contributed by atoms with van der Waals surface area (Å²) in [5, 5.41) is 34.0. The summed E-state index contributed by atoms with van der Waals surface area (Å²) in [5.74, 6) is -3.16. The normalized spacial score (nSPS) is 18.7. The molecule has 13 nitrogen and oxygen atoms in total. The number of aliphatic carboxylic acids is 2. The second kappa shape index (κ2) is 12.2. The smallest absolute Gasteiger partial charge is 0.543 e. The minimum atomic E-state index is -1.51. The molecule has 4 N–H and O–H groups in total. The summed E-state index contributed by atoms with van der Waals surface area (Å²) in [6, 6.07) is 6.38. The molecule has 1 aromatic carbocycles. The van der Waals surface area contributed by atoms with Gasteiger partial charge in [-0.15, -0.1) is 16.9 Å². The summed E-state index contributed by atoms with van der Waals surface area (Å²) in [5.41, 5.74) is 7.46. The van der Waals surface area contributed by atoms with Crippen LogP contribution in [0.1, 0.15) is 11.1 Å². The third-order valence-corrected chi connectivity index (χ3v) is 7.79. The number of fused-ring (bicyclic) bond motifs is 1. The van der Waals surface area contributed by atoms with Crippen molar-refractivity contribution in [2.24, 2.45) is 5.73 Å². The molecule has 1 saturated heterocycles. The van der Waals surface area contributed by atoms with Gasteiger partial charge in [0.05, 0.1) is 18.1 Å². The number of hydrogen-bond donors (Lipinski definition) is 3. The standard InChI is InChI=1S/C20H21N7O6S2.Na/c21-6-11-4-2-1-3-10(11)5-13(28)22-15-17(31)27-16(19(32)33)12(8-34-18(15)27)9-35-20-23-24-25-26(20)7-14(29)30;/h1-4,15,18H,5-9,21H2,(H,22,28)(H,29,30)(H,32,33);/q;+1/p-1/t15?,18-;/m1./s1. The predicted octanol–water partition coefficient (Wildman–Crippen LogP) is -5.04. The fourth-order valence-electron chi connectivity index (χ4n) is 3.79. The van der Waals surface area contributed by atoms with Crippen LogP contribution >= 0.6 is 23.5 Å². The number of nitrogens with two attached hydrogens (primary N) is 1. The van der Waals surface area contributed by atoms with E-state index in [2.05, 4.69) is 20.8 Å². The van der Waals surface area contributed by atoms with Crippen LogP contribution < -0.4 is 45.7 Å². The van der Waals surface area contributed by atoms with E-state index in [-0.39, 0.29) is 70.8 Å². The summed E-state index contributed by atoms with van der Waals surface area (Å²) < 4.78 is 1.08. The molecular weight excluding hydrogens is 521 g/mol. The Morgan fingerprint density at radius 1 is 1.28 bits per heavy atom. The van der Waals surface area contributed by atoms with Crippen LogP contribution in [0.4, 0.5) is 0 Å². The second-order valence-electron chi connectivity index (χ2n) is 7.65. The first-order chi connectivity index (χ1) is 16.8. The zero-order chi connectivity index (χ0) is 25.1. The first kappa shape index (κ1) is 28.1. The van der Waals surface area contributed by atoms with Crippen molar-refractivity contribution in [2.75, 3.05) is 11.5 Å². The Hall–Kier alpha value is -2.43. The van der Waals surface area contributed by atoms with E-state index >= 15 is 0 Å². The van der Waals surface area contributed by atoms with Gasteiger partial charge in [-0.05, 0) is 27.1 Å². The Bertz CT molecular complexity index is 1220. The van der Waals surface area contributed by atoms with Crippen LogP contribution in [0.15, 0.2) is 40.7 Å². The topological polar surface area (TPSA) is 196 Å². The van der Waals surface area contributed by atoms with Crippen molar-refractivity contribution in [1.29, 1.82) is 0 Å². The number of carbonyl (C=O) groups excluding carboxylic acids is 3. The van der Waals surface area contributed by atoms with E-state index in [1.165, 1.54) is 11.8 Å². The summed E-state index contributed by atoms with van der Waals surface area (Å²) in [6.07, 6.45) is 0.0463. The van der Waals surface area contributed by atoms with E-state index in [1.54, 1.807) is 12.1 Å². The van der Waals surface area contributed by atoms with Crippen LogP contribution in [-0.4, -0.2) is 76.9 Å². The van der Waals surface area contributed by atoms with Gasteiger partial charge in [0, 0.05) is 18.1 Å². The molecule has 2 aliphatic heterocycles. The zero-order valence-electron chi connectivity index (χ0n) is 19.1. The number of β-lactam (4-membered cyclic amide) rings is 1. The van der Waals surface area contributed by atoms with Gasteiger partial charge < -0.3 is 26.1 Å². The third kappa shape index (κ3) is 5.92. The van der Waals surface area contributed by atoms with Crippen molar-refractivity contribution in [3.63, 3.8) is 0 Å². The van der Waals surface area contributed by atoms with Gasteiger partial charge in [-0.1, -0.05) is 36.0 Å².